The van der Waals surface area contributed by atoms with Crippen LogP contribution in [0.25, 0.3) is 0 Å². The number of nitrogens with zero attached hydrogens (tertiary/aromatic N) is 4. The highest BCUT2D eigenvalue weighted by molar-refractivity contribution is 7.56. The van der Waals surface area contributed by atoms with Crippen LogP contribution in [0.1, 0.15) is 25.7 Å². The molecule has 3 aromatic rings. The van der Waals surface area contributed by atoms with Crippen molar-refractivity contribution in [1.29, 1.82) is 0 Å². The molecule has 0 spiro atoms. The first-order valence-corrected chi connectivity index (χ1v) is 14.9. The third-order valence-electron chi connectivity index (χ3n) is 7.33. The molecule has 11 heteroatoms. The Hall–Kier alpha value is -2.68. The zero-order valence-corrected chi connectivity index (χ0v) is 24.3. The molecule has 0 radical (unpaired) electrons. The van der Waals surface area contributed by atoms with Crippen LogP contribution < -0.4 is 25.6 Å². The fraction of sp³-hybridized carbons (Fsp3) is 0.429. The van der Waals surface area contributed by atoms with Crippen molar-refractivity contribution in [2.24, 2.45) is 0 Å². The number of halogens is 1. The molecule has 0 atom stereocenters. The van der Waals surface area contributed by atoms with Gasteiger partial charge in [-0.25, -0.2) is 4.98 Å². The summed E-state index contributed by atoms with van der Waals surface area (Å²) < 4.78 is 16.8. The number of hydrogen-bond donors (Lipinski definition) is 2. The number of aromatic nitrogens is 2. The van der Waals surface area contributed by atoms with Gasteiger partial charge in [-0.1, -0.05) is 23.7 Å². The van der Waals surface area contributed by atoms with Gasteiger partial charge in [0.05, 0.1) is 30.0 Å². The van der Waals surface area contributed by atoms with Crippen LogP contribution in [0.15, 0.2) is 48.7 Å². The van der Waals surface area contributed by atoms with Gasteiger partial charge in [-0.05, 0) is 63.0 Å². The van der Waals surface area contributed by atoms with Crippen LogP contribution in [-0.2, 0) is 9.05 Å². The van der Waals surface area contributed by atoms with Gasteiger partial charge in [-0.15, -0.1) is 0 Å². The molecule has 208 valence electrons. The molecule has 2 fully saturated rings. The minimum absolute atomic E-state index is 0.403. The Bertz CT molecular complexity index is 1250. The monoisotopic (exact) mass is 570 g/mol. The van der Waals surface area contributed by atoms with Crippen molar-refractivity contribution in [3.63, 3.8) is 0 Å². The molecule has 2 aliphatic heterocycles. The molecule has 2 aliphatic rings. The van der Waals surface area contributed by atoms with E-state index in [0.29, 0.717) is 22.8 Å². The molecule has 3 heterocycles. The predicted molar refractivity (Wildman–Crippen MR) is 160 cm³/mol. The van der Waals surface area contributed by atoms with Crippen molar-refractivity contribution in [1.82, 2.24) is 14.9 Å². The summed E-state index contributed by atoms with van der Waals surface area (Å²) in [5, 5.41) is 7.90. The Balaban J connectivity index is 1.29. The lowest BCUT2D eigenvalue weighted by Gasteiger charge is -2.38. The zero-order valence-electron chi connectivity index (χ0n) is 22.7. The fourth-order valence-corrected chi connectivity index (χ4v) is 6.59. The van der Waals surface area contributed by atoms with Gasteiger partial charge < -0.3 is 34.2 Å². The summed E-state index contributed by atoms with van der Waals surface area (Å²) in [6.07, 6.45) is 6.64. The van der Waals surface area contributed by atoms with Crippen molar-refractivity contribution in [2.45, 2.75) is 31.7 Å². The maximum atomic E-state index is 6.45. The van der Waals surface area contributed by atoms with E-state index >= 15 is 0 Å². The van der Waals surface area contributed by atoms with Crippen LogP contribution >= 0.6 is 20.0 Å². The number of hydrogen-bond acceptors (Lipinski definition) is 9. The minimum atomic E-state index is -1.23. The van der Waals surface area contributed by atoms with Gasteiger partial charge in [0.15, 0.2) is 5.82 Å². The van der Waals surface area contributed by atoms with E-state index in [4.69, 9.17) is 25.4 Å². The average molecular weight is 571 g/mol. The SMILES string of the molecule is COc1cc(Nc2ncc(Cl)c(Nc3ccccc3P(OC)OC)n2)ccc1N1CCC(N2CCCC2)CC1. The molecule has 0 unspecified atom stereocenters. The standard InChI is InChI=1S/C28H36ClN6O3P/c1-36-25-18-20(10-11-24(25)35-16-12-21(13-17-35)34-14-6-7-15-34)31-28-30-19-22(29)27(33-28)32-23-8-4-5-9-26(23)39(37-2)38-3/h4-5,8-11,18-19,21H,6-7,12-17H2,1-3H3,(H2,30,31,32,33). The summed E-state index contributed by atoms with van der Waals surface area (Å²) in [6, 6.07) is 14.6. The van der Waals surface area contributed by atoms with E-state index in [9.17, 15) is 0 Å². The van der Waals surface area contributed by atoms with Crippen molar-refractivity contribution in [3.8, 4) is 5.75 Å². The van der Waals surface area contributed by atoms with Crippen LogP contribution in [0.5, 0.6) is 5.75 Å². The third kappa shape index (κ3) is 6.56. The second-order valence-corrected chi connectivity index (χ2v) is 11.8. The summed E-state index contributed by atoms with van der Waals surface area (Å²) in [7, 11) is 3.74. The highest BCUT2D eigenvalue weighted by Gasteiger charge is 2.27. The minimum Gasteiger partial charge on any atom is -0.495 e. The van der Waals surface area contributed by atoms with Gasteiger partial charge in [0.25, 0.3) is 0 Å². The number of anilines is 5. The summed E-state index contributed by atoms with van der Waals surface area (Å²) in [5.41, 5.74) is 2.75. The van der Waals surface area contributed by atoms with Gasteiger partial charge in [0, 0.05) is 45.1 Å². The quantitative estimate of drug-likeness (QED) is 0.288. The number of ether oxygens (including phenoxy) is 1. The number of likely N-dealkylation sites (tertiary alicyclic amines) is 1. The summed E-state index contributed by atoms with van der Waals surface area (Å²) in [6.45, 7) is 4.59. The van der Waals surface area contributed by atoms with E-state index in [1.54, 1.807) is 27.5 Å². The van der Waals surface area contributed by atoms with Crippen LogP contribution in [-0.4, -0.2) is 68.4 Å². The highest BCUT2D eigenvalue weighted by atomic mass is 35.5. The van der Waals surface area contributed by atoms with Gasteiger partial charge in [0.1, 0.15) is 10.8 Å². The number of piperidine rings is 1. The smallest absolute Gasteiger partial charge is 0.229 e. The maximum Gasteiger partial charge on any atom is 0.229 e. The molecule has 2 N–H and O–H groups in total. The second kappa shape index (κ2) is 13.1. The molecule has 2 aromatic carbocycles. The molecule has 2 saturated heterocycles. The molecule has 9 nitrogen and oxygen atoms in total. The van der Waals surface area contributed by atoms with Crippen LogP contribution in [0.4, 0.5) is 28.8 Å². The number of para-hydroxylation sites is 1. The summed E-state index contributed by atoms with van der Waals surface area (Å²) >= 11 is 6.45. The molecule has 0 aliphatic carbocycles. The van der Waals surface area contributed by atoms with Crippen LogP contribution in [0, 0.1) is 0 Å². The van der Waals surface area contributed by atoms with Crippen molar-refractivity contribution >= 4 is 54.1 Å². The average Bonchev–Trinajstić information content (AvgIpc) is 3.52. The number of methoxy groups -OCH3 is 1. The Morgan fingerprint density at radius 2 is 1.69 bits per heavy atom. The van der Waals surface area contributed by atoms with E-state index in [0.717, 1.165) is 41.2 Å². The highest BCUT2D eigenvalue weighted by Crippen LogP contribution is 2.39. The molecule has 0 bridgehead atoms. The second-order valence-electron chi connectivity index (χ2n) is 9.63. The zero-order chi connectivity index (χ0) is 27.2. The number of benzene rings is 2. The summed E-state index contributed by atoms with van der Waals surface area (Å²) in [4.78, 5) is 14.1. The molecule has 0 saturated carbocycles. The number of nitrogens with one attached hydrogen (secondary N) is 2. The van der Waals surface area contributed by atoms with Crippen molar-refractivity contribution < 1.29 is 13.8 Å². The first-order valence-electron chi connectivity index (χ1n) is 13.3. The Kier molecular flexibility index (Phi) is 9.37. The first-order chi connectivity index (χ1) is 19.1. The lowest BCUT2D eigenvalue weighted by atomic mass is 10.0. The largest absolute Gasteiger partial charge is 0.495 e. The molecular weight excluding hydrogens is 535 g/mol. The third-order valence-corrected chi connectivity index (χ3v) is 9.05. The van der Waals surface area contributed by atoms with Crippen molar-refractivity contribution in [2.75, 3.05) is 63.0 Å². The molecule has 1 aromatic heterocycles. The van der Waals surface area contributed by atoms with E-state index in [1.807, 2.05) is 36.4 Å². The van der Waals surface area contributed by atoms with E-state index in [-0.39, 0.29) is 0 Å². The first kappa shape index (κ1) is 27.9. The van der Waals surface area contributed by atoms with Crippen molar-refractivity contribution in [3.05, 3.63) is 53.7 Å². The van der Waals surface area contributed by atoms with E-state index in [2.05, 4.69) is 36.5 Å². The number of rotatable bonds is 10. The Morgan fingerprint density at radius 1 is 0.949 bits per heavy atom. The lowest BCUT2D eigenvalue weighted by molar-refractivity contribution is 0.207. The lowest BCUT2D eigenvalue weighted by Crippen LogP contribution is -2.43. The molecule has 5 rings (SSSR count). The normalized spacial score (nSPS) is 16.6. The van der Waals surface area contributed by atoms with Gasteiger partial charge in [-0.2, -0.15) is 4.98 Å². The molecular formula is C28H36ClN6O3P. The van der Waals surface area contributed by atoms with Crippen LogP contribution in [0.3, 0.4) is 0 Å². The molecule has 39 heavy (non-hydrogen) atoms. The Morgan fingerprint density at radius 3 is 2.41 bits per heavy atom. The van der Waals surface area contributed by atoms with E-state index < -0.39 is 8.38 Å². The van der Waals surface area contributed by atoms with Crippen LogP contribution in [0.2, 0.25) is 5.02 Å². The van der Waals surface area contributed by atoms with Gasteiger partial charge in [0.2, 0.25) is 14.3 Å². The van der Waals surface area contributed by atoms with E-state index in [1.165, 1.54) is 38.8 Å². The fourth-order valence-electron chi connectivity index (χ4n) is 5.38. The maximum absolute atomic E-state index is 6.45. The van der Waals surface area contributed by atoms with Gasteiger partial charge in [-0.3, -0.25) is 0 Å². The summed E-state index contributed by atoms with van der Waals surface area (Å²) in [5.74, 6) is 1.72. The Labute approximate surface area is 236 Å². The van der Waals surface area contributed by atoms with Gasteiger partial charge >= 0.3 is 0 Å². The predicted octanol–water partition coefficient (Wildman–Crippen LogP) is 5.92. The molecule has 0 amide bonds. The topological polar surface area (TPSA) is 84.0 Å².